The van der Waals surface area contributed by atoms with Gasteiger partial charge in [0.05, 0.1) is 21.1 Å². The standard InChI is InChI=1S/C7H16NO2.C2H4O2/c1-7(9)10-6-5-8(2,3)4;1-2(3)4/h5-6H2,1-4H3;1H3,(H,3,4)/q+1;/p-1. The lowest BCUT2D eigenvalue weighted by atomic mass is 10.5. The maximum absolute atomic E-state index is 10.3. The zero-order chi connectivity index (χ0) is 11.8. The fourth-order valence-corrected chi connectivity index (χ4v) is 0.463. The van der Waals surface area contributed by atoms with Gasteiger partial charge in [-0.1, -0.05) is 0 Å². The van der Waals surface area contributed by atoms with E-state index in [0.717, 1.165) is 18.0 Å². The minimum atomic E-state index is -1.08. The summed E-state index contributed by atoms with van der Waals surface area (Å²) in [5, 5.41) is 8.89. The summed E-state index contributed by atoms with van der Waals surface area (Å²) in [6.07, 6.45) is 0. The zero-order valence-electron chi connectivity index (χ0n) is 9.49. The predicted octanol–water partition coefficient (Wildman–Crippen LogP) is -0.988. The summed E-state index contributed by atoms with van der Waals surface area (Å²) >= 11 is 0. The summed E-state index contributed by atoms with van der Waals surface area (Å²) in [6.45, 7) is 3.77. The molecule has 0 unspecified atom stereocenters. The first kappa shape index (κ1) is 15.4. The van der Waals surface area contributed by atoms with Gasteiger partial charge >= 0.3 is 5.97 Å². The second-order valence-electron chi connectivity index (χ2n) is 3.85. The van der Waals surface area contributed by atoms with Gasteiger partial charge in [-0.2, -0.15) is 0 Å². The molecule has 0 bridgehead atoms. The van der Waals surface area contributed by atoms with Gasteiger partial charge in [0.25, 0.3) is 0 Å². The molecule has 0 aromatic rings. The lowest BCUT2D eigenvalue weighted by molar-refractivity contribution is -0.870. The molecule has 0 aliphatic rings. The van der Waals surface area contributed by atoms with Crippen LogP contribution in [0.25, 0.3) is 0 Å². The van der Waals surface area contributed by atoms with Crippen molar-refractivity contribution < 1.29 is 23.9 Å². The van der Waals surface area contributed by atoms with E-state index in [9.17, 15) is 4.79 Å². The normalized spacial score (nSPS) is 9.79. The minimum Gasteiger partial charge on any atom is -0.550 e. The number of ether oxygens (including phenoxy) is 1. The molecule has 5 heteroatoms. The van der Waals surface area contributed by atoms with Crippen LogP contribution >= 0.6 is 0 Å². The number of aliphatic carboxylic acids is 1. The van der Waals surface area contributed by atoms with Crippen LogP contribution in [0, 0.1) is 0 Å². The Morgan fingerprint density at radius 2 is 1.57 bits per heavy atom. The quantitative estimate of drug-likeness (QED) is 0.438. The first-order valence-corrected chi connectivity index (χ1v) is 4.26. The Bertz CT molecular complexity index is 180. The van der Waals surface area contributed by atoms with Crippen LogP contribution in [0.1, 0.15) is 13.8 Å². The van der Waals surface area contributed by atoms with Crippen LogP contribution < -0.4 is 5.11 Å². The van der Waals surface area contributed by atoms with Crippen molar-refractivity contribution in [2.75, 3.05) is 34.3 Å². The summed E-state index contributed by atoms with van der Waals surface area (Å²) in [5.41, 5.74) is 0. The van der Waals surface area contributed by atoms with E-state index in [0.29, 0.717) is 6.61 Å². The molecular formula is C9H19NO4. The van der Waals surface area contributed by atoms with Gasteiger partial charge in [0.2, 0.25) is 0 Å². The summed E-state index contributed by atoms with van der Waals surface area (Å²) in [6, 6.07) is 0. The van der Waals surface area contributed by atoms with E-state index in [1.54, 1.807) is 0 Å². The minimum absolute atomic E-state index is 0.201. The van der Waals surface area contributed by atoms with Gasteiger partial charge in [-0.05, 0) is 6.92 Å². The topological polar surface area (TPSA) is 66.4 Å². The molecule has 14 heavy (non-hydrogen) atoms. The van der Waals surface area contributed by atoms with Crippen molar-refractivity contribution in [2.45, 2.75) is 13.8 Å². The van der Waals surface area contributed by atoms with Gasteiger partial charge in [0, 0.05) is 12.9 Å². The van der Waals surface area contributed by atoms with Crippen LogP contribution in [0.15, 0.2) is 0 Å². The lowest BCUT2D eigenvalue weighted by Crippen LogP contribution is -2.37. The van der Waals surface area contributed by atoms with E-state index < -0.39 is 5.97 Å². The molecular weight excluding hydrogens is 186 g/mol. The third-order valence-corrected chi connectivity index (χ3v) is 1.07. The highest BCUT2D eigenvalue weighted by Crippen LogP contribution is 1.88. The highest BCUT2D eigenvalue weighted by Gasteiger charge is 2.06. The van der Waals surface area contributed by atoms with E-state index in [4.69, 9.17) is 14.6 Å². The predicted molar refractivity (Wildman–Crippen MR) is 50.2 cm³/mol. The van der Waals surface area contributed by atoms with Crippen molar-refractivity contribution in [3.05, 3.63) is 0 Å². The van der Waals surface area contributed by atoms with Crippen molar-refractivity contribution in [2.24, 2.45) is 0 Å². The summed E-state index contributed by atoms with van der Waals surface area (Å²) < 4.78 is 5.59. The van der Waals surface area contributed by atoms with Crippen molar-refractivity contribution in [3.8, 4) is 0 Å². The molecule has 0 rings (SSSR count). The van der Waals surface area contributed by atoms with Crippen molar-refractivity contribution in [1.29, 1.82) is 0 Å². The number of hydrogen-bond acceptors (Lipinski definition) is 4. The van der Waals surface area contributed by atoms with Gasteiger partial charge in [-0.3, -0.25) is 4.79 Å². The van der Waals surface area contributed by atoms with Crippen LogP contribution in [0.4, 0.5) is 0 Å². The number of quaternary nitrogens is 1. The molecule has 0 heterocycles. The Hall–Kier alpha value is -1.10. The Morgan fingerprint density at radius 3 is 1.79 bits per heavy atom. The smallest absolute Gasteiger partial charge is 0.302 e. The maximum atomic E-state index is 10.3. The maximum Gasteiger partial charge on any atom is 0.302 e. The Labute approximate surface area is 84.9 Å². The summed E-state index contributed by atoms with van der Waals surface area (Å²) in [4.78, 5) is 19.2. The number of carbonyl (C=O) groups excluding carboxylic acids is 2. The molecule has 0 N–H and O–H groups in total. The number of carboxylic acids is 1. The second-order valence-corrected chi connectivity index (χ2v) is 3.85. The van der Waals surface area contributed by atoms with Crippen molar-refractivity contribution >= 4 is 11.9 Å². The van der Waals surface area contributed by atoms with E-state index in [-0.39, 0.29) is 5.97 Å². The second kappa shape index (κ2) is 7.32. The van der Waals surface area contributed by atoms with Crippen molar-refractivity contribution in [1.82, 2.24) is 0 Å². The van der Waals surface area contributed by atoms with Gasteiger partial charge in [0.15, 0.2) is 0 Å². The monoisotopic (exact) mass is 205 g/mol. The van der Waals surface area contributed by atoms with Gasteiger partial charge in [0.1, 0.15) is 13.2 Å². The van der Waals surface area contributed by atoms with Crippen LogP contribution in [-0.4, -0.2) is 50.7 Å². The number of likely N-dealkylation sites (N-methyl/N-ethyl adjacent to an activating group) is 1. The lowest BCUT2D eigenvalue weighted by Gasteiger charge is -2.23. The van der Waals surface area contributed by atoms with E-state index in [1.165, 1.54) is 6.92 Å². The number of carbonyl (C=O) groups is 2. The Balaban J connectivity index is 0. The summed E-state index contributed by atoms with van der Waals surface area (Å²) in [5.74, 6) is -1.28. The van der Waals surface area contributed by atoms with Crippen LogP contribution in [0.3, 0.4) is 0 Å². The molecule has 0 atom stereocenters. The molecule has 0 aromatic heterocycles. The number of esters is 1. The number of carboxylic acid groups (broad SMARTS) is 1. The van der Waals surface area contributed by atoms with Crippen LogP contribution in [0.2, 0.25) is 0 Å². The highest BCUT2D eigenvalue weighted by molar-refractivity contribution is 5.65. The molecule has 0 saturated carbocycles. The van der Waals surface area contributed by atoms with Crippen molar-refractivity contribution in [3.63, 3.8) is 0 Å². The molecule has 0 fully saturated rings. The molecule has 0 spiro atoms. The van der Waals surface area contributed by atoms with E-state index in [2.05, 4.69) is 21.1 Å². The number of rotatable bonds is 3. The van der Waals surface area contributed by atoms with Gasteiger partial charge < -0.3 is 19.1 Å². The first-order chi connectivity index (χ1) is 6.15. The van der Waals surface area contributed by atoms with Crippen LogP contribution in [-0.2, 0) is 14.3 Å². The SMILES string of the molecule is CC(=O)OCC[N+](C)(C)C.CC(=O)[O-]. The van der Waals surface area contributed by atoms with E-state index >= 15 is 0 Å². The largest absolute Gasteiger partial charge is 0.550 e. The van der Waals surface area contributed by atoms with Crippen LogP contribution in [0.5, 0.6) is 0 Å². The Kier molecular flexibility index (Phi) is 8.04. The fourth-order valence-electron chi connectivity index (χ4n) is 0.463. The Morgan fingerprint density at radius 1 is 1.21 bits per heavy atom. The van der Waals surface area contributed by atoms with Gasteiger partial charge in [-0.15, -0.1) is 0 Å². The average Bonchev–Trinajstić information content (AvgIpc) is 1.80. The average molecular weight is 205 g/mol. The number of nitrogens with zero attached hydrogens (tertiary/aromatic N) is 1. The molecule has 0 radical (unpaired) electrons. The molecule has 0 aliphatic heterocycles. The van der Waals surface area contributed by atoms with Gasteiger partial charge in [-0.25, -0.2) is 0 Å². The molecule has 0 aromatic carbocycles. The third-order valence-electron chi connectivity index (χ3n) is 1.07. The highest BCUT2D eigenvalue weighted by atomic mass is 16.5. The molecule has 0 amide bonds. The number of hydrogen-bond donors (Lipinski definition) is 0. The summed E-state index contributed by atoms with van der Waals surface area (Å²) in [7, 11) is 6.18. The molecule has 5 nitrogen and oxygen atoms in total. The fraction of sp³-hybridized carbons (Fsp3) is 0.778. The first-order valence-electron chi connectivity index (χ1n) is 4.26. The molecule has 0 saturated heterocycles. The van der Waals surface area contributed by atoms with E-state index in [1.807, 2.05) is 0 Å². The molecule has 84 valence electrons. The third kappa shape index (κ3) is 30.7. The molecule has 0 aliphatic carbocycles. The zero-order valence-corrected chi connectivity index (χ0v) is 9.49.